The van der Waals surface area contributed by atoms with E-state index in [9.17, 15) is 0 Å². The van der Waals surface area contributed by atoms with Crippen LogP contribution in [-0.4, -0.2) is 16.1 Å². The summed E-state index contributed by atoms with van der Waals surface area (Å²) in [5, 5.41) is 11.3. The van der Waals surface area contributed by atoms with Gasteiger partial charge in [0.1, 0.15) is 16.1 Å². The van der Waals surface area contributed by atoms with E-state index in [-0.39, 0.29) is 0 Å². The molecule has 9 aromatic carbocycles. The quantitative estimate of drug-likeness (QED) is 0.124. The lowest BCUT2D eigenvalue weighted by atomic mass is 9.82. The van der Waals surface area contributed by atoms with Crippen molar-refractivity contribution in [3.8, 4) is 66.8 Å². The van der Waals surface area contributed by atoms with Crippen molar-refractivity contribution in [2.24, 2.45) is 0 Å². The zero-order valence-corrected chi connectivity index (χ0v) is 34.3. The number of hydrogen-bond donors (Lipinski definition) is 0. The Morgan fingerprint density at radius 2 is 0.625 bits per heavy atom. The maximum absolute atomic E-state index is 2.54. The van der Waals surface area contributed by atoms with Crippen LogP contribution in [0.2, 0.25) is 26.2 Å². The van der Waals surface area contributed by atoms with Gasteiger partial charge in [0.2, 0.25) is 0 Å². The highest BCUT2D eigenvalue weighted by Gasteiger charge is 2.40. The third-order valence-corrected chi connectivity index (χ3v) is 20.2. The summed E-state index contributed by atoms with van der Waals surface area (Å²) in [6.45, 7) is 10.1. The minimum atomic E-state index is -1.87. The first-order valence-corrected chi connectivity index (χ1v) is 25.9. The SMILES string of the molecule is C[Si]1(C)c2ccccc2-c2c(-c3cccc4c(-c5ccccc5-c5ccccc5)c5cccc(-c6cccc7c6-c6ccccc6[Si]7(C)C)c5cc34)cccc21. The highest BCUT2D eigenvalue weighted by Crippen LogP contribution is 2.48. The third kappa shape index (κ3) is 4.63. The smallest absolute Gasteiger partial charge is 0.0623 e. The van der Waals surface area contributed by atoms with Crippen molar-refractivity contribution in [1.82, 2.24) is 0 Å². The van der Waals surface area contributed by atoms with Gasteiger partial charge in [0.15, 0.2) is 0 Å². The predicted octanol–water partition coefficient (Wildman–Crippen LogP) is 12.3. The molecule has 2 aliphatic heterocycles. The molecule has 0 amide bonds. The summed E-state index contributed by atoms with van der Waals surface area (Å²) < 4.78 is 0. The van der Waals surface area contributed by atoms with Crippen LogP contribution in [0.15, 0.2) is 182 Å². The van der Waals surface area contributed by atoms with Crippen LogP contribution in [0.4, 0.5) is 0 Å². The van der Waals surface area contributed by atoms with Crippen molar-refractivity contribution >= 4 is 58.4 Å². The molecule has 0 aliphatic carbocycles. The molecule has 9 aromatic rings. The summed E-state index contributed by atoms with van der Waals surface area (Å²) >= 11 is 0. The standard InChI is InChI=1S/C54H42Si2/c1-55(2)48-30-12-10-22-44(48)53-40(28-16-32-50(53)55)37-24-14-26-42-46(37)34-47-38(41-29-17-33-51-54(41)45-23-11-13-31-49(45)56(51,3)4)25-15-27-43(47)52(42)39-21-9-8-20-36(39)35-18-6-5-7-19-35/h5-34H,1-4H3. The van der Waals surface area contributed by atoms with Crippen LogP contribution in [0.1, 0.15) is 0 Å². The molecule has 0 spiro atoms. The first-order valence-electron chi connectivity index (χ1n) is 19.9. The fraction of sp³-hybridized carbons (Fsp3) is 0.0741. The summed E-state index contributed by atoms with van der Waals surface area (Å²) in [4.78, 5) is 0. The molecule has 0 saturated carbocycles. The van der Waals surface area contributed by atoms with Crippen LogP contribution in [0.25, 0.3) is 88.3 Å². The number of fused-ring (bicyclic) bond motifs is 8. The van der Waals surface area contributed by atoms with E-state index >= 15 is 0 Å². The zero-order valence-electron chi connectivity index (χ0n) is 32.3. The Morgan fingerprint density at radius 3 is 1.14 bits per heavy atom. The molecule has 0 radical (unpaired) electrons. The van der Waals surface area contributed by atoms with E-state index in [4.69, 9.17) is 0 Å². The first-order chi connectivity index (χ1) is 27.3. The highest BCUT2D eigenvalue weighted by atomic mass is 28.3. The summed E-state index contributed by atoms with van der Waals surface area (Å²) in [5.74, 6) is 0. The first kappa shape index (κ1) is 33.3. The number of rotatable bonds is 4. The van der Waals surface area contributed by atoms with Gasteiger partial charge in [-0.15, -0.1) is 0 Å². The molecular weight excluding hydrogens is 705 g/mol. The molecule has 56 heavy (non-hydrogen) atoms. The Kier molecular flexibility index (Phi) is 7.26. The van der Waals surface area contributed by atoms with Gasteiger partial charge >= 0.3 is 0 Å². The molecule has 0 unspecified atom stereocenters. The molecule has 11 rings (SSSR count). The van der Waals surface area contributed by atoms with E-state index in [0.717, 1.165) is 0 Å². The Labute approximate surface area is 331 Å². The van der Waals surface area contributed by atoms with Gasteiger partial charge in [-0.3, -0.25) is 0 Å². The van der Waals surface area contributed by atoms with Crippen LogP contribution in [0.3, 0.4) is 0 Å². The zero-order chi connectivity index (χ0) is 37.8. The number of hydrogen-bond acceptors (Lipinski definition) is 0. The summed E-state index contributed by atoms with van der Waals surface area (Å²) in [6, 6.07) is 69.1. The van der Waals surface area contributed by atoms with Gasteiger partial charge < -0.3 is 0 Å². The maximum atomic E-state index is 2.54. The maximum Gasteiger partial charge on any atom is 0.113 e. The van der Waals surface area contributed by atoms with Crippen LogP contribution >= 0.6 is 0 Å². The Balaban J connectivity index is 1.28. The fourth-order valence-electron chi connectivity index (χ4n) is 10.5. The van der Waals surface area contributed by atoms with Crippen molar-refractivity contribution < 1.29 is 0 Å². The van der Waals surface area contributed by atoms with Crippen LogP contribution in [0, 0.1) is 0 Å². The summed E-state index contributed by atoms with van der Waals surface area (Å²) in [7, 11) is -3.73. The van der Waals surface area contributed by atoms with E-state index in [2.05, 4.69) is 208 Å². The van der Waals surface area contributed by atoms with Crippen LogP contribution < -0.4 is 20.7 Å². The molecule has 0 aromatic heterocycles. The second kappa shape index (κ2) is 12.2. The van der Waals surface area contributed by atoms with Crippen molar-refractivity contribution in [1.29, 1.82) is 0 Å². The van der Waals surface area contributed by atoms with Gasteiger partial charge in [0.05, 0.1) is 0 Å². The molecule has 2 aliphatic rings. The predicted molar refractivity (Wildman–Crippen MR) is 248 cm³/mol. The summed E-state index contributed by atoms with van der Waals surface area (Å²) in [5.41, 5.74) is 16.0. The average molecular weight is 747 g/mol. The molecule has 0 fully saturated rings. The van der Waals surface area contributed by atoms with Crippen molar-refractivity contribution in [2.45, 2.75) is 26.2 Å². The molecule has 0 saturated heterocycles. The van der Waals surface area contributed by atoms with E-state index < -0.39 is 16.1 Å². The van der Waals surface area contributed by atoms with Gasteiger partial charge in [-0.05, 0) is 115 Å². The highest BCUT2D eigenvalue weighted by molar-refractivity contribution is 7.04. The molecule has 2 heterocycles. The normalized spacial score (nSPS) is 14.4. The fourth-order valence-corrected chi connectivity index (χ4v) is 16.6. The molecular formula is C54H42Si2. The summed E-state index contributed by atoms with van der Waals surface area (Å²) in [6.07, 6.45) is 0. The van der Waals surface area contributed by atoms with Crippen LogP contribution in [-0.2, 0) is 0 Å². The van der Waals surface area contributed by atoms with Gasteiger partial charge in [-0.25, -0.2) is 0 Å². The van der Waals surface area contributed by atoms with Gasteiger partial charge in [-0.2, -0.15) is 0 Å². The molecule has 266 valence electrons. The molecule has 0 bridgehead atoms. The number of benzene rings is 9. The Morgan fingerprint density at radius 1 is 0.250 bits per heavy atom. The van der Waals surface area contributed by atoms with Crippen LogP contribution in [0.5, 0.6) is 0 Å². The Bertz CT molecular complexity index is 2910. The minimum Gasteiger partial charge on any atom is -0.0623 e. The van der Waals surface area contributed by atoms with E-state index in [0.29, 0.717) is 0 Å². The van der Waals surface area contributed by atoms with E-state index in [1.165, 1.54) is 109 Å². The Hall–Kier alpha value is -6.07. The monoisotopic (exact) mass is 746 g/mol. The third-order valence-electron chi connectivity index (χ3n) is 13.1. The topological polar surface area (TPSA) is 0 Å². The van der Waals surface area contributed by atoms with Gasteiger partial charge in [0, 0.05) is 0 Å². The molecule has 2 heteroatoms. The lowest BCUT2D eigenvalue weighted by Crippen LogP contribution is -2.49. The lowest BCUT2D eigenvalue weighted by molar-refractivity contribution is 1.60. The van der Waals surface area contributed by atoms with E-state index in [1.54, 1.807) is 0 Å². The molecule has 0 atom stereocenters. The second-order valence-electron chi connectivity index (χ2n) is 16.8. The molecule has 0 N–H and O–H groups in total. The van der Waals surface area contributed by atoms with Crippen molar-refractivity contribution in [2.75, 3.05) is 0 Å². The van der Waals surface area contributed by atoms with Crippen molar-refractivity contribution in [3.63, 3.8) is 0 Å². The average Bonchev–Trinajstić information content (AvgIpc) is 3.62. The van der Waals surface area contributed by atoms with Crippen molar-refractivity contribution in [3.05, 3.63) is 182 Å². The van der Waals surface area contributed by atoms with Gasteiger partial charge in [-0.1, -0.05) is 202 Å². The molecule has 0 nitrogen and oxygen atoms in total. The minimum absolute atomic E-state index is 1.23. The largest absolute Gasteiger partial charge is 0.113 e. The second-order valence-corrected chi connectivity index (χ2v) is 25.4. The lowest BCUT2D eigenvalue weighted by Gasteiger charge is -2.22. The van der Waals surface area contributed by atoms with Gasteiger partial charge in [0.25, 0.3) is 0 Å². The van der Waals surface area contributed by atoms with E-state index in [1.807, 2.05) is 0 Å².